The molecule has 0 aliphatic heterocycles. The van der Waals surface area contributed by atoms with Crippen LogP contribution in [0.2, 0.25) is 0 Å². The van der Waals surface area contributed by atoms with Gasteiger partial charge in [-0.25, -0.2) is 0 Å². The molecule has 1 aromatic carbocycles. The van der Waals surface area contributed by atoms with Crippen LogP contribution in [0.4, 0.5) is 5.88 Å². The molecule has 1 heterocycles. The Bertz CT molecular complexity index is 635. The first-order valence-electron chi connectivity index (χ1n) is 7.54. The fourth-order valence-corrected chi connectivity index (χ4v) is 2.03. The molecule has 22 heavy (non-hydrogen) atoms. The number of carbonyl (C=O) groups is 1. The van der Waals surface area contributed by atoms with Crippen LogP contribution in [0, 0.1) is 13.8 Å². The summed E-state index contributed by atoms with van der Waals surface area (Å²) in [6.07, 6.45) is 3.00. The van der Waals surface area contributed by atoms with Crippen molar-refractivity contribution in [2.24, 2.45) is 0 Å². The highest BCUT2D eigenvalue weighted by molar-refractivity contribution is 5.90. The number of ether oxygens (including phenoxy) is 1. The summed E-state index contributed by atoms with van der Waals surface area (Å²) in [5, 5.41) is 6.57. The summed E-state index contributed by atoms with van der Waals surface area (Å²) in [4.78, 5) is 11.9. The van der Waals surface area contributed by atoms with Crippen molar-refractivity contribution in [1.82, 2.24) is 5.16 Å². The van der Waals surface area contributed by atoms with Gasteiger partial charge in [0.05, 0.1) is 5.69 Å². The third kappa shape index (κ3) is 4.62. The molecule has 0 aliphatic rings. The molecule has 2 rings (SSSR count). The highest BCUT2D eigenvalue weighted by Crippen LogP contribution is 2.19. The van der Waals surface area contributed by atoms with Gasteiger partial charge in [-0.15, -0.1) is 0 Å². The quantitative estimate of drug-likeness (QED) is 0.848. The number of nitrogens with zero attached hydrogens (tertiary/aromatic N) is 1. The molecule has 5 nitrogen and oxygen atoms in total. The molecule has 118 valence electrons. The number of unbranched alkanes of at least 4 members (excludes halogenated alkanes) is 1. The standard InChI is InChI=1S/C17H22N2O3/c1-4-5-6-14-10-17(22-19-14)18-16(20)11-21-15-9-12(2)7-8-13(15)3/h7-10H,4-6,11H2,1-3H3,(H,18,20). The lowest BCUT2D eigenvalue weighted by atomic mass is 10.1. The summed E-state index contributed by atoms with van der Waals surface area (Å²) in [6.45, 7) is 5.99. The number of rotatable bonds is 7. The lowest BCUT2D eigenvalue weighted by molar-refractivity contribution is -0.118. The maximum atomic E-state index is 11.9. The molecule has 2 aromatic rings. The van der Waals surface area contributed by atoms with Gasteiger partial charge in [-0.2, -0.15) is 0 Å². The number of nitrogens with one attached hydrogen (secondary N) is 1. The molecular weight excluding hydrogens is 280 g/mol. The van der Waals surface area contributed by atoms with Crippen LogP contribution >= 0.6 is 0 Å². The van der Waals surface area contributed by atoms with E-state index in [1.807, 2.05) is 32.0 Å². The zero-order valence-corrected chi connectivity index (χ0v) is 13.3. The van der Waals surface area contributed by atoms with Crippen LogP contribution in [0.3, 0.4) is 0 Å². The first-order chi connectivity index (χ1) is 10.6. The second kappa shape index (κ2) is 7.64. The van der Waals surface area contributed by atoms with Gasteiger partial charge >= 0.3 is 0 Å². The highest BCUT2D eigenvalue weighted by Gasteiger charge is 2.09. The molecule has 1 N–H and O–H groups in total. The van der Waals surface area contributed by atoms with Crippen molar-refractivity contribution >= 4 is 11.8 Å². The van der Waals surface area contributed by atoms with Gasteiger partial charge in [-0.05, 0) is 43.9 Å². The molecule has 0 radical (unpaired) electrons. The van der Waals surface area contributed by atoms with Gasteiger partial charge in [0, 0.05) is 6.07 Å². The Kier molecular flexibility index (Phi) is 5.58. The summed E-state index contributed by atoms with van der Waals surface area (Å²) in [5.74, 6) is 0.816. The minimum absolute atomic E-state index is 0.0602. The first-order valence-corrected chi connectivity index (χ1v) is 7.54. The Balaban J connectivity index is 1.85. The zero-order valence-electron chi connectivity index (χ0n) is 13.3. The van der Waals surface area contributed by atoms with Crippen molar-refractivity contribution in [1.29, 1.82) is 0 Å². The van der Waals surface area contributed by atoms with Gasteiger partial charge < -0.3 is 9.26 Å². The number of aromatic nitrogens is 1. The predicted molar refractivity (Wildman–Crippen MR) is 85.2 cm³/mol. The summed E-state index contributed by atoms with van der Waals surface area (Å²) in [5.41, 5.74) is 2.95. The minimum Gasteiger partial charge on any atom is -0.483 e. The van der Waals surface area contributed by atoms with Gasteiger partial charge in [0.2, 0.25) is 5.88 Å². The van der Waals surface area contributed by atoms with Crippen LogP contribution in [-0.2, 0) is 11.2 Å². The van der Waals surface area contributed by atoms with Crippen molar-refractivity contribution in [3.63, 3.8) is 0 Å². The van der Waals surface area contributed by atoms with Gasteiger partial charge in [-0.3, -0.25) is 10.1 Å². The van der Waals surface area contributed by atoms with Crippen LogP contribution < -0.4 is 10.1 Å². The largest absolute Gasteiger partial charge is 0.483 e. The molecule has 0 spiro atoms. The monoisotopic (exact) mass is 302 g/mol. The van der Waals surface area contributed by atoms with E-state index in [9.17, 15) is 4.79 Å². The van der Waals surface area contributed by atoms with Crippen molar-refractivity contribution in [2.75, 3.05) is 11.9 Å². The van der Waals surface area contributed by atoms with Crippen molar-refractivity contribution in [3.05, 3.63) is 41.1 Å². The van der Waals surface area contributed by atoms with Crippen LogP contribution in [0.25, 0.3) is 0 Å². The molecule has 5 heteroatoms. The molecule has 0 unspecified atom stereocenters. The number of aryl methyl sites for hydroxylation is 3. The number of benzene rings is 1. The molecule has 0 saturated heterocycles. The van der Waals surface area contributed by atoms with Gasteiger partial charge in [-0.1, -0.05) is 30.6 Å². The summed E-state index contributed by atoms with van der Waals surface area (Å²) >= 11 is 0. The predicted octanol–water partition coefficient (Wildman–Crippen LogP) is 3.65. The molecular formula is C17H22N2O3. The normalized spacial score (nSPS) is 10.5. The molecule has 0 atom stereocenters. The third-order valence-electron chi connectivity index (χ3n) is 3.31. The van der Waals surface area contributed by atoms with E-state index >= 15 is 0 Å². The van der Waals surface area contributed by atoms with Crippen LogP contribution in [0.1, 0.15) is 36.6 Å². The van der Waals surface area contributed by atoms with Crippen molar-refractivity contribution in [3.8, 4) is 5.75 Å². The van der Waals surface area contributed by atoms with E-state index in [0.29, 0.717) is 5.88 Å². The number of anilines is 1. The molecule has 1 amide bonds. The summed E-state index contributed by atoms with van der Waals surface area (Å²) in [7, 11) is 0. The van der Waals surface area contributed by atoms with E-state index in [0.717, 1.165) is 41.8 Å². The van der Waals surface area contributed by atoms with Crippen molar-refractivity contribution < 1.29 is 14.1 Å². The fraction of sp³-hybridized carbons (Fsp3) is 0.412. The van der Waals surface area contributed by atoms with Crippen LogP contribution in [0.15, 0.2) is 28.8 Å². The smallest absolute Gasteiger partial charge is 0.264 e. The van der Waals surface area contributed by atoms with Gasteiger partial charge in [0.25, 0.3) is 5.91 Å². The van der Waals surface area contributed by atoms with E-state index in [2.05, 4.69) is 17.4 Å². The average Bonchev–Trinajstić information content (AvgIpc) is 2.93. The zero-order chi connectivity index (χ0) is 15.9. The maximum absolute atomic E-state index is 11.9. The van der Waals surface area contributed by atoms with E-state index in [4.69, 9.17) is 9.26 Å². The van der Waals surface area contributed by atoms with Crippen LogP contribution in [0.5, 0.6) is 5.75 Å². The Labute approximate surface area is 130 Å². The lowest BCUT2D eigenvalue weighted by Gasteiger charge is -2.09. The SMILES string of the molecule is CCCCc1cc(NC(=O)COc2cc(C)ccc2C)on1. The third-order valence-corrected chi connectivity index (χ3v) is 3.31. The average molecular weight is 302 g/mol. The number of hydrogen-bond donors (Lipinski definition) is 1. The Morgan fingerprint density at radius 1 is 1.32 bits per heavy atom. The van der Waals surface area contributed by atoms with Crippen LogP contribution in [-0.4, -0.2) is 17.7 Å². The summed E-state index contributed by atoms with van der Waals surface area (Å²) < 4.78 is 10.6. The van der Waals surface area contributed by atoms with Gasteiger partial charge in [0.15, 0.2) is 6.61 Å². The lowest BCUT2D eigenvalue weighted by Crippen LogP contribution is -2.20. The number of hydrogen-bond acceptors (Lipinski definition) is 4. The van der Waals surface area contributed by atoms with E-state index in [-0.39, 0.29) is 12.5 Å². The van der Waals surface area contributed by atoms with Crippen molar-refractivity contribution in [2.45, 2.75) is 40.0 Å². The Morgan fingerprint density at radius 2 is 2.14 bits per heavy atom. The molecule has 1 aromatic heterocycles. The molecule has 0 fully saturated rings. The Hall–Kier alpha value is -2.30. The number of carbonyl (C=O) groups excluding carboxylic acids is 1. The second-order valence-electron chi connectivity index (χ2n) is 5.39. The fourth-order valence-electron chi connectivity index (χ4n) is 2.03. The van der Waals surface area contributed by atoms with E-state index < -0.39 is 0 Å². The Morgan fingerprint density at radius 3 is 2.91 bits per heavy atom. The maximum Gasteiger partial charge on any atom is 0.264 e. The first kappa shape index (κ1) is 16.1. The molecule has 0 saturated carbocycles. The van der Waals surface area contributed by atoms with Gasteiger partial charge in [0.1, 0.15) is 5.75 Å². The summed E-state index contributed by atoms with van der Waals surface area (Å²) in [6, 6.07) is 7.65. The van der Waals surface area contributed by atoms with E-state index in [1.54, 1.807) is 6.07 Å². The molecule has 0 aliphatic carbocycles. The highest BCUT2D eigenvalue weighted by atomic mass is 16.5. The minimum atomic E-state index is -0.265. The molecule has 0 bridgehead atoms. The topological polar surface area (TPSA) is 64.4 Å². The second-order valence-corrected chi connectivity index (χ2v) is 5.39. The van der Waals surface area contributed by atoms with E-state index in [1.165, 1.54) is 0 Å². The number of amides is 1.